The maximum Gasteiger partial charge on any atom is 0.271 e. The number of nitrogens with one attached hydrogen (secondary N) is 1. The molecule has 1 aromatic heterocycles. The standard InChI is InChI=1S/C24H29N5O2S/c30-23(25-20-13-27-7-5-14(20)6-8-27)22-19-4-3-16(10-21(19)32-26-22)28-11-18-9-17(28)12-29(18)24(31)15-1-2-15/h3-4,10,14-15,17-18,20H,1-2,5-9,11-13H2,(H,25,30)/t17-,18-,20+/m0/s1. The lowest BCUT2D eigenvalue weighted by atomic mass is 9.84. The first-order valence-corrected chi connectivity index (χ1v) is 12.9. The third-order valence-corrected chi connectivity index (χ3v) is 9.23. The first kappa shape index (κ1) is 19.3. The van der Waals surface area contributed by atoms with Crippen LogP contribution in [0.15, 0.2) is 18.2 Å². The molecule has 0 spiro atoms. The van der Waals surface area contributed by atoms with E-state index in [1.807, 2.05) is 0 Å². The van der Waals surface area contributed by atoms with Gasteiger partial charge in [0.05, 0.1) is 10.7 Å². The largest absolute Gasteiger partial charge is 0.365 e. The van der Waals surface area contributed by atoms with E-state index >= 15 is 0 Å². The van der Waals surface area contributed by atoms with E-state index in [1.54, 1.807) is 0 Å². The van der Waals surface area contributed by atoms with Gasteiger partial charge in [-0.2, -0.15) is 4.37 Å². The fourth-order valence-electron chi connectivity index (χ4n) is 6.45. The van der Waals surface area contributed by atoms with Crippen LogP contribution < -0.4 is 10.2 Å². The number of carbonyl (C=O) groups excluding carboxylic acids is 2. The van der Waals surface area contributed by atoms with Gasteiger partial charge >= 0.3 is 0 Å². The summed E-state index contributed by atoms with van der Waals surface area (Å²) in [7, 11) is 0. The van der Waals surface area contributed by atoms with Crippen molar-refractivity contribution in [3.8, 4) is 0 Å². The minimum atomic E-state index is -0.0304. The Morgan fingerprint density at radius 2 is 1.88 bits per heavy atom. The molecule has 3 atom stereocenters. The summed E-state index contributed by atoms with van der Waals surface area (Å²) < 4.78 is 5.61. The highest BCUT2D eigenvalue weighted by molar-refractivity contribution is 7.13. The molecule has 4 bridgehead atoms. The molecule has 6 aliphatic rings. The van der Waals surface area contributed by atoms with E-state index in [4.69, 9.17) is 0 Å². The van der Waals surface area contributed by atoms with Gasteiger partial charge in [0, 0.05) is 48.7 Å². The average Bonchev–Trinajstić information content (AvgIpc) is 3.27. The van der Waals surface area contributed by atoms with E-state index < -0.39 is 0 Å². The molecular formula is C24H29N5O2S. The second-order valence-electron chi connectivity index (χ2n) is 10.4. The Balaban J connectivity index is 1.07. The van der Waals surface area contributed by atoms with Gasteiger partial charge in [-0.3, -0.25) is 9.59 Å². The Bertz CT molecular complexity index is 1090. The van der Waals surface area contributed by atoms with Crippen molar-refractivity contribution in [3.05, 3.63) is 23.9 Å². The third-order valence-electron chi connectivity index (χ3n) is 8.43. The Hall–Kier alpha value is -2.19. The number of piperidine rings is 3. The van der Waals surface area contributed by atoms with Gasteiger partial charge in [-0.15, -0.1) is 0 Å². The van der Waals surface area contributed by atoms with E-state index in [-0.39, 0.29) is 11.9 Å². The van der Waals surface area contributed by atoms with Crippen molar-refractivity contribution in [1.82, 2.24) is 19.5 Å². The number of fused-ring (bicyclic) bond motifs is 6. The van der Waals surface area contributed by atoms with Gasteiger partial charge in [0.15, 0.2) is 0 Å². The molecule has 2 aromatic rings. The van der Waals surface area contributed by atoms with Crippen LogP contribution in [0.2, 0.25) is 0 Å². The van der Waals surface area contributed by atoms with Gasteiger partial charge in [0.1, 0.15) is 5.69 Å². The number of hydrogen-bond donors (Lipinski definition) is 1. The zero-order chi connectivity index (χ0) is 21.4. The van der Waals surface area contributed by atoms with Crippen LogP contribution in [0, 0.1) is 11.8 Å². The van der Waals surface area contributed by atoms with E-state index in [0.717, 1.165) is 49.0 Å². The van der Waals surface area contributed by atoms with Crippen LogP contribution in [0.4, 0.5) is 5.69 Å². The summed E-state index contributed by atoms with van der Waals surface area (Å²) in [5.74, 6) is 1.27. The molecule has 2 amide bonds. The minimum Gasteiger partial charge on any atom is -0.365 e. The van der Waals surface area contributed by atoms with Crippen LogP contribution in [-0.4, -0.2) is 76.8 Å². The number of benzene rings is 1. The number of nitrogens with zero attached hydrogens (tertiary/aromatic N) is 4. The normalized spacial score (nSPS) is 33.3. The predicted molar refractivity (Wildman–Crippen MR) is 124 cm³/mol. The van der Waals surface area contributed by atoms with E-state index in [2.05, 4.69) is 42.6 Å². The molecule has 32 heavy (non-hydrogen) atoms. The monoisotopic (exact) mass is 451 g/mol. The zero-order valence-corrected chi connectivity index (χ0v) is 19.0. The van der Waals surface area contributed by atoms with Crippen LogP contribution in [-0.2, 0) is 4.79 Å². The van der Waals surface area contributed by atoms with Crippen molar-refractivity contribution in [1.29, 1.82) is 0 Å². The Morgan fingerprint density at radius 3 is 2.56 bits per heavy atom. The zero-order valence-electron chi connectivity index (χ0n) is 18.2. The summed E-state index contributed by atoms with van der Waals surface area (Å²) in [5.41, 5.74) is 1.76. The summed E-state index contributed by atoms with van der Waals surface area (Å²) in [6, 6.07) is 7.41. The van der Waals surface area contributed by atoms with Crippen LogP contribution in [0.25, 0.3) is 10.1 Å². The number of piperazine rings is 1. The third kappa shape index (κ3) is 3.06. The van der Waals surface area contributed by atoms with Crippen molar-refractivity contribution in [3.63, 3.8) is 0 Å². The SMILES string of the molecule is O=C(N[C@@H]1CN2CCC1CC2)c1nsc2cc(N3C[C@@H]4C[C@H]3CN4C(=O)C3CC3)ccc12. The number of anilines is 1. The van der Waals surface area contributed by atoms with E-state index in [1.165, 1.54) is 43.2 Å². The number of likely N-dealkylation sites (tertiary alicyclic amines) is 1. The van der Waals surface area contributed by atoms with Crippen LogP contribution >= 0.6 is 11.5 Å². The molecule has 1 aliphatic carbocycles. The van der Waals surface area contributed by atoms with Crippen LogP contribution in [0.1, 0.15) is 42.6 Å². The fraction of sp³-hybridized carbons (Fsp3) is 0.625. The summed E-state index contributed by atoms with van der Waals surface area (Å²) in [6.07, 6.45) is 5.61. The first-order valence-electron chi connectivity index (χ1n) is 12.1. The molecule has 6 heterocycles. The van der Waals surface area contributed by atoms with Gasteiger partial charge in [-0.05, 0) is 80.8 Å². The van der Waals surface area contributed by atoms with Crippen LogP contribution in [0.3, 0.4) is 0 Å². The van der Waals surface area contributed by atoms with Gasteiger partial charge in [0.2, 0.25) is 5.91 Å². The lowest BCUT2D eigenvalue weighted by molar-refractivity contribution is -0.133. The van der Waals surface area contributed by atoms with E-state index in [9.17, 15) is 9.59 Å². The molecule has 1 aromatic carbocycles. The molecule has 1 saturated carbocycles. The second-order valence-corrected chi connectivity index (χ2v) is 11.2. The van der Waals surface area contributed by atoms with Crippen molar-refractivity contribution in [2.75, 3.05) is 37.6 Å². The molecule has 8 heteroatoms. The molecule has 168 valence electrons. The van der Waals surface area contributed by atoms with Gasteiger partial charge in [-0.1, -0.05) is 0 Å². The molecule has 5 saturated heterocycles. The highest BCUT2D eigenvalue weighted by atomic mass is 32.1. The lowest BCUT2D eigenvalue weighted by Crippen LogP contribution is -2.57. The van der Waals surface area contributed by atoms with Crippen molar-refractivity contribution in [2.24, 2.45) is 11.8 Å². The van der Waals surface area contributed by atoms with E-state index in [0.29, 0.717) is 35.5 Å². The second kappa shape index (κ2) is 7.15. The van der Waals surface area contributed by atoms with Crippen molar-refractivity contribution >= 4 is 39.1 Å². The lowest BCUT2D eigenvalue weighted by Gasteiger charge is -2.44. The van der Waals surface area contributed by atoms with Gasteiger partial charge in [0.25, 0.3) is 5.91 Å². The Morgan fingerprint density at radius 1 is 1.03 bits per heavy atom. The van der Waals surface area contributed by atoms with Crippen molar-refractivity contribution < 1.29 is 9.59 Å². The molecule has 0 radical (unpaired) electrons. The number of hydrogen-bond acceptors (Lipinski definition) is 6. The molecular weight excluding hydrogens is 422 g/mol. The topological polar surface area (TPSA) is 68.8 Å². The Labute approximate surface area is 191 Å². The predicted octanol–water partition coefficient (Wildman–Crippen LogP) is 2.32. The van der Waals surface area contributed by atoms with Crippen molar-refractivity contribution in [2.45, 2.75) is 50.2 Å². The highest BCUT2D eigenvalue weighted by Gasteiger charge is 2.48. The average molecular weight is 452 g/mol. The molecule has 6 fully saturated rings. The number of rotatable bonds is 4. The molecule has 1 N–H and O–H groups in total. The summed E-state index contributed by atoms with van der Waals surface area (Å²) in [4.78, 5) is 32.6. The highest BCUT2D eigenvalue weighted by Crippen LogP contribution is 2.40. The minimum absolute atomic E-state index is 0.0304. The molecule has 7 nitrogen and oxygen atoms in total. The molecule has 8 rings (SSSR count). The first-order chi connectivity index (χ1) is 15.6. The quantitative estimate of drug-likeness (QED) is 0.773. The van der Waals surface area contributed by atoms with Crippen LogP contribution in [0.5, 0.6) is 0 Å². The Kier molecular flexibility index (Phi) is 4.31. The number of aromatic nitrogens is 1. The summed E-state index contributed by atoms with van der Waals surface area (Å²) in [6.45, 7) is 5.09. The van der Waals surface area contributed by atoms with Gasteiger partial charge < -0.3 is 20.0 Å². The molecule has 0 unspecified atom stereocenters. The smallest absolute Gasteiger partial charge is 0.271 e. The molecule has 5 aliphatic heterocycles. The summed E-state index contributed by atoms with van der Waals surface area (Å²) >= 11 is 1.42. The number of amides is 2. The number of carbonyl (C=O) groups is 2. The van der Waals surface area contributed by atoms with Gasteiger partial charge in [-0.25, -0.2) is 0 Å². The fourth-order valence-corrected chi connectivity index (χ4v) is 7.26. The maximum absolute atomic E-state index is 13.0. The summed E-state index contributed by atoms with van der Waals surface area (Å²) in [5, 5.41) is 4.23. The maximum atomic E-state index is 13.0.